The van der Waals surface area contributed by atoms with Crippen LogP contribution in [0.3, 0.4) is 0 Å². The van der Waals surface area contributed by atoms with Gasteiger partial charge in [-0.2, -0.15) is 0 Å². The summed E-state index contributed by atoms with van der Waals surface area (Å²) in [5, 5.41) is 5.44. The highest BCUT2D eigenvalue weighted by molar-refractivity contribution is 8.15. The number of imidazole rings is 1. The van der Waals surface area contributed by atoms with Gasteiger partial charge in [-0.25, -0.2) is 14.8 Å². The zero-order valence-corrected chi connectivity index (χ0v) is 16.0. The van der Waals surface area contributed by atoms with Crippen molar-refractivity contribution in [3.8, 4) is 0 Å². The minimum absolute atomic E-state index is 0.314. The number of aryl methyl sites for hydroxylation is 1. The zero-order valence-electron chi connectivity index (χ0n) is 15.2. The number of methoxy groups -OCH3 is 1. The maximum Gasteiger partial charge on any atom is 0.321 e. The van der Waals surface area contributed by atoms with Crippen molar-refractivity contribution >= 4 is 34.6 Å². The van der Waals surface area contributed by atoms with Crippen molar-refractivity contribution in [2.24, 2.45) is 12.0 Å². The summed E-state index contributed by atoms with van der Waals surface area (Å²) in [5.41, 5.74) is 0.757. The van der Waals surface area contributed by atoms with Gasteiger partial charge >= 0.3 is 12.0 Å². The number of pyridine rings is 1. The average Bonchev–Trinajstić information content (AvgIpc) is 3.28. The summed E-state index contributed by atoms with van der Waals surface area (Å²) in [6, 6.07) is 2.74. The molecule has 2 unspecified atom stereocenters. The number of amides is 2. The summed E-state index contributed by atoms with van der Waals surface area (Å²) in [5.74, 6) is 0.767. The summed E-state index contributed by atoms with van der Waals surface area (Å²) in [6.45, 7) is 2.36. The normalized spacial score (nSPS) is 18.7. The number of hydrogen-bond donors (Lipinski definition) is 2. The Balaban J connectivity index is 1.82. The molecule has 2 aromatic heterocycles. The Morgan fingerprint density at radius 2 is 2.15 bits per heavy atom. The number of esters is 1. The summed E-state index contributed by atoms with van der Waals surface area (Å²) < 4.78 is 6.77. The van der Waals surface area contributed by atoms with E-state index < -0.39 is 11.3 Å². The van der Waals surface area contributed by atoms with Crippen molar-refractivity contribution < 1.29 is 14.3 Å². The monoisotopic (exact) mass is 388 g/mol. The van der Waals surface area contributed by atoms with E-state index in [-0.39, 0.29) is 12.0 Å². The summed E-state index contributed by atoms with van der Waals surface area (Å²) in [6.07, 6.45) is 5.10. The van der Waals surface area contributed by atoms with E-state index in [4.69, 9.17) is 4.74 Å². The van der Waals surface area contributed by atoms with Crippen molar-refractivity contribution in [1.82, 2.24) is 19.9 Å². The highest BCUT2D eigenvalue weighted by Crippen LogP contribution is 2.39. The van der Waals surface area contributed by atoms with Gasteiger partial charge in [-0.3, -0.25) is 15.1 Å². The van der Waals surface area contributed by atoms with Crippen LogP contribution in [0.2, 0.25) is 0 Å². The maximum atomic E-state index is 12.2. The molecule has 3 rings (SSSR count). The van der Waals surface area contributed by atoms with Crippen molar-refractivity contribution in [3.05, 3.63) is 42.1 Å². The molecule has 0 saturated carbocycles. The fraction of sp³-hybridized carbons (Fsp3) is 0.353. The molecular weight excluding hydrogens is 368 g/mol. The number of nitrogens with zero attached hydrogens (tertiary/aromatic N) is 4. The summed E-state index contributed by atoms with van der Waals surface area (Å²) in [4.78, 5) is 37.0. The lowest BCUT2D eigenvalue weighted by molar-refractivity contribution is -0.140. The minimum atomic E-state index is -0.515. The second kappa shape index (κ2) is 8.21. The van der Waals surface area contributed by atoms with Crippen LogP contribution in [0.1, 0.15) is 24.4 Å². The lowest BCUT2D eigenvalue weighted by Crippen LogP contribution is -2.28. The molecule has 142 valence electrons. The van der Waals surface area contributed by atoms with E-state index >= 15 is 0 Å². The third-order valence-corrected chi connectivity index (χ3v) is 5.20. The van der Waals surface area contributed by atoms with Crippen LogP contribution < -0.4 is 10.6 Å². The second-order valence-electron chi connectivity index (χ2n) is 5.75. The van der Waals surface area contributed by atoms with E-state index in [9.17, 15) is 9.59 Å². The van der Waals surface area contributed by atoms with Gasteiger partial charge in [0.1, 0.15) is 28.0 Å². The Morgan fingerprint density at radius 1 is 1.33 bits per heavy atom. The van der Waals surface area contributed by atoms with Crippen LogP contribution >= 0.6 is 11.8 Å². The summed E-state index contributed by atoms with van der Waals surface area (Å²) >= 11 is 1.32. The number of thioether (sulfide) groups is 1. The first-order chi connectivity index (χ1) is 13.0. The molecule has 3 heterocycles. The van der Waals surface area contributed by atoms with Gasteiger partial charge in [0.15, 0.2) is 0 Å². The van der Waals surface area contributed by atoms with Gasteiger partial charge in [0.05, 0.1) is 7.11 Å². The molecular formula is C17H20N6O3S. The Hall–Kier alpha value is -2.88. The fourth-order valence-corrected chi connectivity index (χ4v) is 3.79. The first-order valence-corrected chi connectivity index (χ1v) is 9.22. The number of anilines is 1. The van der Waals surface area contributed by atoms with Crippen molar-refractivity contribution in [3.63, 3.8) is 0 Å². The predicted octanol–water partition coefficient (Wildman–Crippen LogP) is 1.73. The molecule has 1 aliphatic heterocycles. The second-order valence-corrected chi connectivity index (χ2v) is 6.88. The molecule has 9 nitrogen and oxygen atoms in total. The third kappa shape index (κ3) is 4.11. The topological polar surface area (TPSA) is 110 Å². The maximum absolute atomic E-state index is 12.2. The van der Waals surface area contributed by atoms with E-state index in [0.717, 1.165) is 5.56 Å². The van der Waals surface area contributed by atoms with Crippen molar-refractivity contribution in [2.45, 2.75) is 18.2 Å². The molecule has 2 amide bonds. The van der Waals surface area contributed by atoms with Gasteiger partial charge in [0.25, 0.3) is 0 Å². The van der Waals surface area contributed by atoms with Crippen LogP contribution in [0.5, 0.6) is 0 Å². The molecule has 27 heavy (non-hydrogen) atoms. The van der Waals surface area contributed by atoms with Gasteiger partial charge in [0.2, 0.25) is 0 Å². The number of carbonyl (C=O) groups is 2. The van der Waals surface area contributed by atoms with Crippen LogP contribution in [-0.4, -0.2) is 50.5 Å². The smallest absolute Gasteiger partial charge is 0.321 e. The number of rotatable bonds is 5. The molecule has 10 heteroatoms. The Morgan fingerprint density at radius 3 is 2.74 bits per heavy atom. The molecule has 2 N–H and O–H groups in total. The number of ether oxygens (including phenoxy) is 1. The molecule has 0 aromatic carbocycles. The number of aliphatic imine (C=N–C) groups is 1. The lowest BCUT2D eigenvalue weighted by Gasteiger charge is -2.14. The number of aromatic nitrogens is 3. The Kier molecular flexibility index (Phi) is 5.75. The van der Waals surface area contributed by atoms with Gasteiger partial charge in [-0.05, 0) is 19.1 Å². The molecule has 0 fully saturated rings. The number of hydrogen-bond acceptors (Lipinski definition) is 7. The van der Waals surface area contributed by atoms with Gasteiger partial charge < -0.3 is 14.6 Å². The summed E-state index contributed by atoms with van der Waals surface area (Å²) in [7, 11) is 3.22. The third-order valence-electron chi connectivity index (χ3n) is 3.93. The first kappa shape index (κ1) is 18.9. The van der Waals surface area contributed by atoms with E-state index in [2.05, 4.69) is 25.6 Å². The van der Waals surface area contributed by atoms with E-state index in [1.54, 1.807) is 24.5 Å². The molecule has 0 saturated heterocycles. The highest BCUT2D eigenvalue weighted by Gasteiger charge is 2.40. The molecule has 0 aliphatic carbocycles. The van der Waals surface area contributed by atoms with E-state index in [1.807, 2.05) is 24.7 Å². The van der Waals surface area contributed by atoms with Crippen LogP contribution in [-0.2, 0) is 16.6 Å². The predicted molar refractivity (Wildman–Crippen MR) is 103 cm³/mol. The molecule has 0 bridgehead atoms. The van der Waals surface area contributed by atoms with E-state index in [1.165, 1.54) is 18.9 Å². The standard InChI is InChI=1S/C17H20N6O3S/c1-4-18-17(25)21-11-6-5-10(9-20-11)15-22-12(13(27-15)16(24)26-3)14-19-7-8-23(14)2/h5-9,12-13H,4H2,1-3H3,(H2,18,20,21,25). The van der Waals surface area contributed by atoms with Crippen LogP contribution in [0.25, 0.3) is 0 Å². The van der Waals surface area contributed by atoms with Crippen LogP contribution in [0.15, 0.2) is 35.7 Å². The van der Waals surface area contributed by atoms with Crippen molar-refractivity contribution in [2.75, 3.05) is 19.0 Å². The van der Waals surface area contributed by atoms with Gasteiger partial charge in [-0.15, -0.1) is 0 Å². The quantitative estimate of drug-likeness (QED) is 0.755. The van der Waals surface area contributed by atoms with Gasteiger partial charge in [0, 0.05) is 37.7 Å². The molecule has 1 aliphatic rings. The van der Waals surface area contributed by atoms with Gasteiger partial charge in [-0.1, -0.05) is 11.8 Å². The SMILES string of the molecule is CCNC(=O)Nc1ccc(C2=NC(c3nccn3C)C(C(=O)OC)S2)cn1. The molecule has 2 atom stereocenters. The lowest BCUT2D eigenvalue weighted by atomic mass is 10.2. The molecule has 0 spiro atoms. The largest absolute Gasteiger partial charge is 0.468 e. The number of carbonyl (C=O) groups excluding carboxylic acids is 2. The zero-order chi connectivity index (χ0) is 19.4. The van der Waals surface area contributed by atoms with Crippen LogP contribution in [0.4, 0.5) is 10.6 Å². The first-order valence-electron chi connectivity index (χ1n) is 8.34. The van der Waals surface area contributed by atoms with E-state index in [0.29, 0.717) is 23.2 Å². The fourth-order valence-electron chi connectivity index (χ4n) is 2.62. The van der Waals surface area contributed by atoms with Crippen LogP contribution in [0, 0.1) is 0 Å². The van der Waals surface area contributed by atoms with Crippen molar-refractivity contribution in [1.29, 1.82) is 0 Å². The Bertz CT molecular complexity index is 864. The molecule has 2 aromatic rings. The number of urea groups is 1. The molecule has 0 radical (unpaired) electrons. The Labute approximate surface area is 160 Å². The highest BCUT2D eigenvalue weighted by atomic mass is 32.2. The number of nitrogens with one attached hydrogen (secondary N) is 2. The average molecular weight is 388 g/mol. The minimum Gasteiger partial charge on any atom is -0.468 e.